The van der Waals surface area contributed by atoms with E-state index in [1.807, 2.05) is 0 Å². The van der Waals surface area contributed by atoms with Crippen LogP contribution in [0.25, 0.3) is 0 Å². The van der Waals surface area contributed by atoms with Crippen LogP contribution in [0.2, 0.25) is 0 Å². The first-order valence-corrected chi connectivity index (χ1v) is 9.49. The lowest BCUT2D eigenvalue weighted by Gasteiger charge is -2.26. The third kappa shape index (κ3) is 11.4. The summed E-state index contributed by atoms with van der Waals surface area (Å²) in [6.07, 6.45) is -0.420. The van der Waals surface area contributed by atoms with Crippen molar-refractivity contribution in [2.75, 3.05) is 13.1 Å². The van der Waals surface area contributed by atoms with Gasteiger partial charge in [-0.05, 0) is 18.8 Å². The van der Waals surface area contributed by atoms with Crippen LogP contribution in [0, 0.1) is 5.92 Å². The summed E-state index contributed by atoms with van der Waals surface area (Å²) in [5.74, 6) is -5.71. The molecular formula is C17H31N7O7. The van der Waals surface area contributed by atoms with E-state index < -0.39 is 66.7 Å². The third-order valence-electron chi connectivity index (χ3n) is 4.02. The molecule has 0 aromatic rings. The van der Waals surface area contributed by atoms with Crippen molar-refractivity contribution in [1.29, 1.82) is 0 Å². The second kappa shape index (κ2) is 13.7. The van der Waals surface area contributed by atoms with Gasteiger partial charge in [-0.1, -0.05) is 13.8 Å². The van der Waals surface area contributed by atoms with Crippen LogP contribution >= 0.6 is 0 Å². The van der Waals surface area contributed by atoms with Gasteiger partial charge in [-0.2, -0.15) is 0 Å². The molecule has 0 aliphatic rings. The average molecular weight is 445 g/mol. The Hall–Kier alpha value is -3.42. The molecule has 176 valence electrons. The van der Waals surface area contributed by atoms with Crippen LogP contribution in [0.15, 0.2) is 4.99 Å². The number of carbonyl (C=O) groups is 5. The van der Waals surface area contributed by atoms with E-state index >= 15 is 0 Å². The standard InChI is InChI=1S/C17H31N7O7/c1-8(2)13(24-14(28)10(6-12(26)27)22-11(25)7-18)15(29)23-9(16(30)31)4-3-5-21-17(19)20/h8-10,13H,3-7,18H2,1-2H3,(H,22,25)(H,23,29)(H,24,28)(H,26,27)(H,30,31)(H4,19,20,21). The summed E-state index contributed by atoms with van der Waals surface area (Å²) in [6.45, 7) is 2.91. The van der Waals surface area contributed by atoms with Gasteiger partial charge in [0.05, 0.1) is 13.0 Å². The van der Waals surface area contributed by atoms with Crippen LogP contribution in [-0.4, -0.2) is 77.0 Å². The molecule has 3 amide bonds. The van der Waals surface area contributed by atoms with Gasteiger partial charge in [-0.3, -0.25) is 24.2 Å². The molecule has 0 aromatic carbocycles. The molecule has 0 heterocycles. The predicted octanol–water partition coefficient (Wildman–Crippen LogP) is -3.33. The summed E-state index contributed by atoms with van der Waals surface area (Å²) in [7, 11) is 0. The molecule has 0 fully saturated rings. The zero-order chi connectivity index (χ0) is 24.1. The molecule has 0 aliphatic carbocycles. The van der Waals surface area contributed by atoms with Crippen LogP contribution in [0.4, 0.5) is 0 Å². The van der Waals surface area contributed by atoms with E-state index in [9.17, 15) is 29.1 Å². The van der Waals surface area contributed by atoms with Crippen molar-refractivity contribution in [2.45, 2.75) is 51.2 Å². The molecule has 0 spiro atoms. The molecular weight excluding hydrogens is 414 g/mol. The van der Waals surface area contributed by atoms with Crippen molar-refractivity contribution in [3.05, 3.63) is 0 Å². The predicted molar refractivity (Wildman–Crippen MR) is 109 cm³/mol. The average Bonchev–Trinajstić information content (AvgIpc) is 2.66. The lowest BCUT2D eigenvalue weighted by Crippen LogP contribution is -2.58. The number of nitrogens with two attached hydrogens (primary N) is 3. The smallest absolute Gasteiger partial charge is 0.326 e. The van der Waals surface area contributed by atoms with Gasteiger partial charge >= 0.3 is 11.9 Å². The molecule has 14 heteroatoms. The first kappa shape index (κ1) is 27.6. The first-order chi connectivity index (χ1) is 14.4. The molecule has 14 nitrogen and oxygen atoms in total. The van der Waals surface area contributed by atoms with Gasteiger partial charge in [0.25, 0.3) is 0 Å². The molecule has 0 radical (unpaired) electrons. The number of aliphatic carboxylic acids is 2. The normalized spacial score (nSPS) is 13.4. The van der Waals surface area contributed by atoms with Crippen molar-refractivity contribution in [1.82, 2.24) is 16.0 Å². The number of amides is 3. The summed E-state index contributed by atoms with van der Waals surface area (Å²) >= 11 is 0. The SMILES string of the molecule is CC(C)C(NC(=O)C(CC(=O)O)NC(=O)CN)C(=O)NC(CCCN=C(N)N)C(=O)O. The Balaban J connectivity index is 5.23. The van der Waals surface area contributed by atoms with Gasteiger partial charge in [0, 0.05) is 6.54 Å². The van der Waals surface area contributed by atoms with Crippen molar-refractivity contribution in [3.8, 4) is 0 Å². The summed E-state index contributed by atoms with van der Waals surface area (Å²) < 4.78 is 0. The van der Waals surface area contributed by atoms with Crippen LogP contribution in [-0.2, 0) is 24.0 Å². The Morgan fingerprint density at radius 2 is 1.55 bits per heavy atom. The Morgan fingerprint density at radius 1 is 0.935 bits per heavy atom. The minimum Gasteiger partial charge on any atom is -0.481 e. The molecule has 3 atom stereocenters. The maximum atomic E-state index is 12.6. The first-order valence-electron chi connectivity index (χ1n) is 9.49. The molecule has 31 heavy (non-hydrogen) atoms. The maximum Gasteiger partial charge on any atom is 0.326 e. The topological polar surface area (TPSA) is 252 Å². The van der Waals surface area contributed by atoms with Crippen LogP contribution in [0.5, 0.6) is 0 Å². The molecule has 3 unspecified atom stereocenters. The van der Waals surface area contributed by atoms with Gasteiger partial charge in [-0.25, -0.2) is 4.79 Å². The van der Waals surface area contributed by atoms with E-state index in [1.165, 1.54) is 0 Å². The number of nitrogens with zero attached hydrogens (tertiary/aromatic N) is 1. The van der Waals surface area contributed by atoms with Gasteiger partial charge in [0.15, 0.2) is 5.96 Å². The van der Waals surface area contributed by atoms with Crippen molar-refractivity contribution in [2.24, 2.45) is 28.1 Å². The number of aliphatic imine (C=N–C) groups is 1. The fraction of sp³-hybridized carbons (Fsp3) is 0.647. The molecule has 0 rings (SSSR count). The number of hydrogen-bond acceptors (Lipinski definition) is 7. The highest BCUT2D eigenvalue weighted by molar-refractivity contribution is 5.95. The van der Waals surface area contributed by atoms with Crippen LogP contribution in [0.1, 0.15) is 33.1 Å². The Labute approximate surface area is 179 Å². The Kier molecular flexibility index (Phi) is 12.2. The summed E-state index contributed by atoms with van der Waals surface area (Å²) in [4.78, 5) is 62.7. The monoisotopic (exact) mass is 445 g/mol. The largest absolute Gasteiger partial charge is 0.481 e. The zero-order valence-electron chi connectivity index (χ0n) is 17.5. The molecule has 0 aromatic heterocycles. The van der Waals surface area contributed by atoms with Crippen molar-refractivity contribution < 1.29 is 34.2 Å². The number of carbonyl (C=O) groups excluding carboxylic acids is 3. The van der Waals surface area contributed by atoms with Crippen LogP contribution in [0.3, 0.4) is 0 Å². The number of carboxylic acid groups (broad SMARTS) is 2. The Bertz CT molecular complexity index is 692. The maximum absolute atomic E-state index is 12.6. The highest BCUT2D eigenvalue weighted by Gasteiger charge is 2.31. The fourth-order valence-corrected chi connectivity index (χ4v) is 2.45. The zero-order valence-corrected chi connectivity index (χ0v) is 17.5. The van der Waals surface area contributed by atoms with E-state index in [1.54, 1.807) is 13.8 Å². The quantitative estimate of drug-likeness (QED) is 0.0749. The van der Waals surface area contributed by atoms with Gasteiger partial charge in [0.1, 0.15) is 18.1 Å². The molecule has 0 saturated heterocycles. The van der Waals surface area contributed by atoms with E-state index in [0.717, 1.165) is 0 Å². The molecule has 0 saturated carbocycles. The molecule has 0 aliphatic heterocycles. The number of nitrogens with one attached hydrogen (secondary N) is 3. The summed E-state index contributed by atoms with van der Waals surface area (Å²) in [5, 5.41) is 25.2. The number of hydrogen-bond donors (Lipinski definition) is 8. The second-order valence-electron chi connectivity index (χ2n) is 7.00. The fourth-order valence-electron chi connectivity index (χ4n) is 2.45. The van der Waals surface area contributed by atoms with E-state index in [2.05, 4.69) is 20.9 Å². The second-order valence-corrected chi connectivity index (χ2v) is 7.00. The lowest BCUT2D eigenvalue weighted by molar-refractivity contribution is -0.143. The van der Waals surface area contributed by atoms with E-state index in [0.29, 0.717) is 0 Å². The van der Waals surface area contributed by atoms with E-state index in [-0.39, 0.29) is 25.3 Å². The van der Waals surface area contributed by atoms with Crippen LogP contribution < -0.4 is 33.2 Å². The van der Waals surface area contributed by atoms with Gasteiger partial charge < -0.3 is 43.4 Å². The molecule has 11 N–H and O–H groups in total. The Morgan fingerprint density at radius 3 is 2.00 bits per heavy atom. The van der Waals surface area contributed by atoms with Crippen molar-refractivity contribution in [3.63, 3.8) is 0 Å². The summed E-state index contributed by atoms with van der Waals surface area (Å²) in [6, 6.07) is -3.90. The highest BCUT2D eigenvalue weighted by atomic mass is 16.4. The number of rotatable bonds is 14. The summed E-state index contributed by atoms with van der Waals surface area (Å²) in [5.41, 5.74) is 15.6. The third-order valence-corrected chi connectivity index (χ3v) is 4.02. The number of guanidine groups is 1. The van der Waals surface area contributed by atoms with Gasteiger partial charge in [-0.15, -0.1) is 0 Å². The highest BCUT2D eigenvalue weighted by Crippen LogP contribution is 2.06. The van der Waals surface area contributed by atoms with Gasteiger partial charge in [0.2, 0.25) is 17.7 Å². The number of carboxylic acids is 2. The minimum absolute atomic E-state index is 0.0326. The lowest BCUT2D eigenvalue weighted by atomic mass is 10.0. The van der Waals surface area contributed by atoms with Crippen molar-refractivity contribution >= 4 is 35.6 Å². The minimum atomic E-state index is -1.46. The molecule has 0 bridgehead atoms. The van der Waals surface area contributed by atoms with E-state index in [4.69, 9.17) is 22.3 Å².